The number of halogens is 2. The second kappa shape index (κ2) is 5.71. The van der Waals surface area contributed by atoms with Crippen LogP contribution in [0.25, 0.3) is 0 Å². The van der Waals surface area contributed by atoms with E-state index in [2.05, 4.69) is 42.2 Å². The highest BCUT2D eigenvalue weighted by atomic mass is 79.9. The van der Waals surface area contributed by atoms with Gasteiger partial charge in [-0.2, -0.15) is 0 Å². The van der Waals surface area contributed by atoms with Crippen LogP contribution in [0, 0.1) is 0 Å². The molecule has 0 unspecified atom stereocenters. The predicted molar refractivity (Wildman–Crippen MR) is 86.9 cm³/mol. The predicted octanol–water partition coefficient (Wildman–Crippen LogP) is 1.54. The first-order valence-corrected chi connectivity index (χ1v) is 8.15. The van der Waals surface area contributed by atoms with Gasteiger partial charge in [0.15, 0.2) is 6.23 Å². The first-order valence-electron chi connectivity index (χ1n) is 6.57. The molecule has 2 atom stereocenters. The van der Waals surface area contributed by atoms with Gasteiger partial charge in [0, 0.05) is 32.5 Å². The van der Waals surface area contributed by atoms with Gasteiger partial charge < -0.3 is 19.6 Å². The third kappa shape index (κ3) is 2.37. The van der Waals surface area contributed by atoms with Gasteiger partial charge in [-0.05, 0) is 37.9 Å². The largest absolute Gasteiger partial charge is 0.359 e. The van der Waals surface area contributed by atoms with Crippen molar-refractivity contribution < 1.29 is 9.53 Å². The normalized spacial score (nSPS) is 20.8. The molecule has 9 heteroatoms. The summed E-state index contributed by atoms with van der Waals surface area (Å²) >= 11 is 6.93. The third-order valence-corrected chi connectivity index (χ3v) is 5.83. The number of hydrogen-bond donors (Lipinski definition) is 2. The average Bonchev–Trinajstić information content (AvgIpc) is 2.97. The molecule has 3 rings (SSSR count). The van der Waals surface area contributed by atoms with Gasteiger partial charge in [0.2, 0.25) is 0 Å². The number of nitrogens with one attached hydrogen (secondary N) is 2. The van der Waals surface area contributed by atoms with E-state index in [0.717, 1.165) is 14.8 Å². The fraction of sp³-hybridized carbons (Fsp3) is 0.385. The lowest BCUT2D eigenvalue weighted by molar-refractivity contribution is 0.0167. The van der Waals surface area contributed by atoms with Crippen molar-refractivity contribution in [1.29, 1.82) is 0 Å². The Morgan fingerprint density at radius 2 is 2.09 bits per heavy atom. The second-order valence-corrected chi connectivity index (χ2v) is 6.69. The van der Waals surface area contributed by atoms with Crippen LogP contribution in [0.4, 0.5) is 0 Å². The Balaban J connectivity index is 2.08. The van der Waals surface area contributed by atoms with Gasteiger partial charge in [-0.15, -0.1) is 0 Å². The molecule has 0 radical (unpaired) electrons. The highest BCUT2D eigenvalue weighted by Crippen LogP contribution is 2.35. The minimum absolute atomic E-state index is 0.170. The number of aromatic amines is 1. The number of methoxy groups -OCH3 is 1. The molecule has 0 saturated carbocycles. The van der Waals surface area contributed by atoms with E-state index in [0.29, 0.717) is 12.1 Å². The molecular weight excluding hydrogens is 420 g/mol. The molecule has 1 amide bonds. The monoisotopic (exact) mass is 432 g/mol. The number of nitrogens with zero attached hydrogens (tertiary/aromatic N) is 2. The summed E-state index contributed by atoms with van der Waals surface area (Å²) in [6.45, 7) is 0. The summed E-state index contributed by atoms with van der Waals surface area (Å²) in [7, 11) is 3.25. The summed E-state index contributed by atoms with van der Waals surface area (Å²) < 4.78 is 10.4. The zero-order valence-corrected chi connectivity index (χ0v) is 15.1. The quantitative estimate of drug-likeness (QED) is 0.770. The van der Waals surface area contributed by atoms with E-state index in [-0.39, 0.29) is 17.6 Å². The van der Waals surface area contributed by atoms with E-state index in [1.165, 1.54) is 0 Å². The van der Waals surface area contributed by atoms with Gasteiger partial charge in [0.1, 0.15) is 10.3 Å². The highest BCUT2D eigenvalue weighted by molar-refractivity contribution is 9.13. The van der Waals surface area contributed by atoms with Crippen LogP contribution < -0.4 is 11.0 Å². The van der Waals surface area contributed by atoms with Crippen molar-refractivity contribution in [3.8, 4) is 0 Å². The van der Waals surface area contributed by atoms with E-state index >= 15 is 0 Å². The summed E-state index contributed by atoms with van der Waals surface area (Å²) in [4.78, 5) is 26.4. The van der Waals surface area contributed by atoms with E-state index in [4.69, 9.17) is 4.74 Å². The molecule has 3 heterocycles. The van der Waals surface area contributed by atoms with Crippen LogP contribution in [-0.2, 0) is 18.2 Å². The number of fused-ring (bicyclic) bond motifs is 1. The molecule has 0 aromatic carbocycles. The number of rotatable bonds is 3. The number of imidazole rings is 1. The average molecular weight is 434 g/mol. The Morgan fingerprint density at radius 3 is 2.68 bits per heavy atom. The van der Waals surface area contributed by atoms with Crippen LogP contribution in [-0.4, -0.2) is 33.4 Å². The molecule has 0 spiro atoms. The molecule has 2 N–H and O–H groups in total. The molecule has 0 saturated heterocycles. The van der Waals surface area contributed by atoms with Gasteiger partial charge in [0.25, 0.3) is 5.91 Å². The Labute approximate surface area is 142 Å². The Kier molecular flexibility index (Phi) is 4.04. The smallest absolute Gasteiger partial charge is 0.325 e. The molecule has 1 aliphatic heterocycles. The van der Waals surface area contributed by atoms with Gasteiger partial charge in [0.05, 0.1) is 10.5 Å². The maximum absolute atomic E-state index is 12.2. The van der Waals surface area contributed by atoms with Crippen molar-refractivity contribution >= 4 is 37.8 Å². The number of carbonyl (C=O) groups excluding carboxylic acids is 1. The van der Waals surface area contributed by atoms with Crippen molar-refractivity contribution in [1.82, 2.24) is 19.4 Å². The summed E-state index contributed by atoms with van der Waals surface area (Å²) in [5, 5.41) is 2.84. The Bertz CT molecular complexity index is 792. The highest BCUT2D eigenvalue weighted by Gasteiger charge is 2.36. The molecule has 1 aliphatic rings. The number of amides is 1. The van der Waals surface area contributed by atoms with Crippen molar-refractivity contribution in [2.45, 2.75) is 18.7 Å². The molecule has 2 aromatic heterocycles. The second-order valence-electron chi connectivity index (χ2n) is 5.08. The first-order chi connectivity index (χ1) is 10.4. The lowest BCUT2D eigenvalue weighted by Gasteiger charge is -2.34. The molecule has 0 bridgehead atoms. The number of aromatic nitrogens is 3. The molecule has 0 fully saturated rings. The summed E-state index contributed by atoms with van der Waals surface area (Å²) in [5.74, 6) is -0.197. The van der Waals surface area contributed by atoms with Crippen LogP contribution in [0.3, 0.4) is 0 Å². The van der Waals surface area contributed by atoms with Crippen molar-refractivity contribution in [3.05, 3.63) is 43.2 Å². The topological polar surface area (TPSA) is 81.1 Å². The van der Waals surface area contributed by atoms with Gasteiger partial charge in [-0.3, -0.25) is 9.36 Å². The summed E-state index contributed by atoms with van der Waals surface area (Å²) in [5.41, 5.74) is 1.20. The Morgan fingerprint density at radius 1 is 1.36 bits per heavy atom. The zero-order valence-electron chi connectivity index (χ0n) is 11.9. The minimum atomic E-state index is -0.486. The molecular formula is C13H14Br2N4O3. The standard InChI is InChI=1S/C13H14Br2N4O3/c1-18-6(5-16-13(18)21)3-9-12(22-2)17-11(20)8-4-7(14)10(15)19(8)9/h4-5,9,12H,3H2,1-2H3,(H,16,21)(H,17,20)/t9-,12-/m1/s1. The molecule has 118 valence electrons. The van der Waals surface area contributed by atoms with Gasteiger partial charge >= 0.3 is 5.69 Å². The van der Waals surface area contributed by atoms with E-state index in [9.17, 15) is 9.59 Å². The van der Waals surface area contributed by atoms with Crippen molar-refractivity contribution in [3.63, 3.8) is 0 Å². The number of hydrogen-bond acceptors (Lipinski definition) is 3. The fourth-order valence-corrected chi connectivity index (χ4v) is 3.67. The zero-order chi connectivity index (χ0) is 16.0. The van der Waals surface area contributed by atoms with Gasteiger partial charge in [-0.25, -0.2) is 4.79 Å². The van der Waals surface area contributed by atoms with Crippen LogP contribution in [0.15, 0.2) is 26.1 Å². The maximum Gasteiger partial charge on any atom is 0.325 e. The fourth-order valence-electron chi connectivity index (χ4n) is 2.70. The number of carbonyl (C=O) groups is 1. The number of ether oxygens (including phenoxy) is 1. The van der Waals surface area contributed by atoms with E-state index in [1.54, 1.807) is 31.0 Å². The van der Waals surface area contributed by atoms with Gasteiger partial charge in [-0.1, -0.05) is 0 Å². The van der Waals surface area contributed by atoms with Crippen molar-refractivity contribution in [2.24, 2.45) is 7.05 Å². The molecule has 7 nitrogen and oxygen atoms in total. The number of H-pyrrole nitrogens is 1. The van der Waals surface area contributed by atoms with Crippen LogP contribution in [0.1, 0.15) is 22.2 Å². The minimum Gasteiger partial charge on any atom is -0.359 e. The maximum atomic E-state index is 12.2. The SMILES string of the molecule is CO[C@H]1NC(=O)c2cc(Br)c(Br)n2[C@@H]1Cc1c[nH]c(=O)n1C. The van der Waals surface area contributed by atoms with Crippen LogP contribution in [0.2, 0.25) is 0 Å². The van der Waals surface area contributed by atoms with E-state index in [1.807, 2.05) is 4.57 Å². The summed E-state index contributed by atoms with van der Waals surface area (Å²) in [6.07, 6.45) is 1.72. The third-order valence-electron chi connectivity index (χ3n) is 3.89. The summed E-state index contributed by atoms with van der Waals surface area (Å²) in [6, 6.07) is 1.58. The first kappa shape index (κ1) is 15.6. The lowest BCUT2D eigenvalue weighted by Crippen LogP contribution is -2.49. The molecule has 2 aromatic rings. The van der Waals surface area contributed by atoms with E-state index < -0.39 is 6.23 Å². The van der Waals surface area contributed by atoms with Crippen LogP contribution >= 0.6 is 31.9 Å². The van der Waals surface area contributed by atoms with Crippen molar-refractivity contribution in [2.75, 3.05) is 7.11 Å². The molecule has 0 aliphatic carbocycles. The lowest BCUT2D eigenvalue weighted by atomic mass is 10.1. The Hall–Kier alpha value is -1.32. The van der Waals surface area contributed by atoms with Crippen LogP contribution in [0.5, 0.6) is 0 Å². The molecule has 22 heavy (non-hydrogen) atoms.